The number of aryl methyl sites for hydroxylation is 1. The molecule has 2 aromatic rings. The van der Waals surface area contributed by atoms with Gasteiger partial charge in [-0.3, -0.25) is 4.79 Å². The third-order valence-electron chi connectivity index (χ3n) is 1.86. The van der Waals surface area contributed by atoms with Crippen LogP contribution in [0.25, 0.3) is 0 Å². The van der Waals surface area contributed by atoms with Crippen LogP contribution >= 0.6 is 34.3 Å². The van der Waals surface area contributed by atoms with Crippen molar-refractivity contribution in [3.63, 3.8) is 0 Å². The van der Waals surface area contributed by atoms with Gasteiger partial charge in [0, 0.05) is 5.38 Å². The number of aromatic nitrogens is 1. The summed E-state index contributed by atoms with van der Waals surface area (Å²) in [5.74, 6) is 0.0807. The molecule has 0 spiro atoms. The van der Waals surface area contributed by atoms with Gasteiger partial charge in [-0.25, -0.2) is 4.98 Å². The Morgan fingerprint density at radius 1 is 1.53 bits per heavy atom. The van der Waals surface area contributed by atoms with Crippen molar-refractivity contribution in [2.45, 2.75) is 13.3 Å². The van der Waals surface area contributed by atoms with Gasteiger partial charge in [0.15, 0.2) is 5.78 Å². The minimum atomic E-state index is 0.0807. The predicted octanol–water partition coefficient (Wildman–Crippen LogP) is 3.59. The van der Waals surface area contributed by atoms with Crippen LogP contribution in [0.5, 0.6) is 0 Å². The second kappa shape index (κ2) is 4.43. The molecule has 5 heteroatoms. The third kappa shape index (κ3) is 2.65. The van der Waals surface area contributed by atoms with E-state index in [9.17, 15) is 4.79 Å². The summed E-state index contributed by atoms with van der Waals surface area (Å²) < 4.78 is 0.646. The maximum absolute atomic E-state index is 11.8. The van der Waals surface area contributed by atoms with E-state index in [2.05, 4.69) is 4.98 Å². The normalized spacial score (nSPS) is 10.5. The quantitative estimate of drug-likeness (QED) is 0.787. The zero-order valence-corrected chi connectivity index (χ0v) is 10.4. The van der Waals surface area contributed by atoms with Crippen molar-refractivity contribution in [1.82, 2.24) is 4.98 Å². The first-order valence-electron chi connectivity index (χ1n) is 4.34. The molecular formula is C10H8ClNOS2. The Morgan fingerprint density at radius 3 is 2.87 bits per heavy atom. The average Bonchev–Trinajstić information content (AvgIpc) is 2.75. The number of hydrogen-bond acceptors (Lipinski definition) is 4. The summed E-state index contributed by atoms with van der Waals surface area (Å²) in [6.07, 6.45) is 0.362. The zero-order chi connectivity index (χ0) is 10.8. The van der Waals surface area contributed by atoms with E-state index in [1.165, 1.54) is 11.3 Å². The third-order valence-corrected chi connectivity index (χ3v) is 3.95. The van der Waals surface area contributed by atoms with Gasteiger partial charge >= 0.3 is 0 Å². The minimum absolute atomic E-state index is 0.0807. The van der Waals surface area contributed by atoms with E-state index in [4.69, 9.17) is 11.6 Å². The summed E-state index contributed by atoms with van der Waals surface area (Å²) in [5.41, 5.74) is 0.840. The summed E-state index contributed by atoms with van der Waals surface area (Å²) in [5, 5.41) is 2.91. The summed E-state index contributed by atoms with van der Waals surface area (Å²) in [6.45, 7) is 1.93. The van der Waals surface area contributed by atoms with Crippen molar-refractivity contribution in [2.75, 3.05) is 0 Å². The first-order valence-corrected chi connectivity index (χ1v) is 6.42. The Morgan fingerprint density at radius 2 is 2.33 bits per heavy atom. The van der Waals surface area contributed by atoms with Gasteiger partial charge < -0.3 is 0 Å². The standard InChI is InChI=1S/C10H8ClNOS2/c1-6-12-7(5-14-6)4-8(13)9-2-3-10(11)15-9/h2-3,5H,4H2,1H3. The molecule has 0 aliphatic heterocycles. The van der Waals surface area contributed by atoms with Crippen molar-refractivity contribution in [1.29, 1.82) is 0 Å². The Balaban J connectivity index is 2.10. The Kier molecular flexibility index (Phi) is 3.19. The average molecular weight is 258 g/mol. The highest BCUT2D eigenvalue weighted by Gasteiger charge is 2.11. The fraction of sp³-hybridized carbons (Fsp3) is 0.200. The molecular weight excluding hydrogens is 250 g/mol. The van der Waals surface area contributed by atoms with Crippen molar-refractivity contribution in [2.24, 2.45) is 0 Å². The lowest BCUT2D eigenvalue weighted by Gasteiger charge is -1.93. The number of Topliss-reactive ketones (excluding diaryl/α,β-unsaturated/α-hetero) is 1. The van der Waals surface area contributed by atoms with Gasteiger partial charge in [-0.15, -0.1) is 22.7 Å². The lowest BCUT2D eigenvalue weighted by molar-refractivity contribution is 0.0996. The van der Waals surface area contributed by atoms with Gasteiger partial charge in [-0.1, -0.05) is 11.6 Å². The van der Waals surface area contributed by atoms with Crippen molar-refractivity contribution < 1.29 is 4.79 Å². The molecule has 2 aromatic heterocycles. The van der Waals surface area contributed by atoms with Crippen LogP contribution in [0.3, 0.4) is 0 Å². The van der Waals surface area contributed by atoms with E-state index in [-0.39, 0.29) is 5.78 Å². The Bertz CT molecular complexity index is 489. The first kappa shape index (κ1) is 10.8. The smallest absolute Gasteiger partial charge is 0.178 e. The Labute approximate surface area is 101 Å². The van der Waals surface area contributed by atoms with Crippen molar-refractivity contribution in [3.8, 4) is 0 Å². The van der Waals surface area contributed by atoms with Gasteiger partial charge in [0.25, 0.3) is 0 Å². The van der Waals surface area contributed by atoms with Gasteiger partial charge in [0.2, 0.25) is 0 Å². The molecule has 0 aromatic carbocycles. The maximum Gasteiger partial charge on any atom is 0.178 e. The molecule has 0 aliphatic carbocycles. The maximum atomic E-state index is 11.8. The van der Waals surface area contributed by atoms with Crippen molar-refractivity contribution in [3.05, 3.63) is 37.4 Å². The highest BCUT2D eigenvalue weighted by atomic mass is 35.5. The van der Waals surface area contributed by atoms with Gasteiger partial charge in [-0.05, 0) is 19.1 Å². The molecule has 0 unspecified atom stereocenters. The summed E-state index contributed by atoms with van der Waals surface area (Å²) in [7, 11) is 0. The molecule has 0 atom stereocenters. The molecule has 0 N–H and O–H groups in total. The van der Waals surface area contributed by atoms with Crippen LogP contribution in [-0.2, 0) is 6.42 Å². The molecule has 2 rings (SSSR count). The number of nitrogens with zero attached hydrogens (tertiary/aromatic N) is 1. The molecule has 2 heterocycles. The number of carbonyl (C=O) groups excluding carboxylic acids is 1. The first-order chi connectivity index (χ1) is 7.15. The second-order valence-corrected chi connectivity index (χ2v) is 5.84. The molecule has 15 heavy (non-hydrogen) atoms. The number of thiazole rings is 1. The molecule has 0 aliphatic rings. The topological polar surface area (TPSA) is 30.0 Å². The monoisotopic (exact) mass is 257 g/mol. The number of halogens is 1. The van der Waals surface area contributed by atoms with Gasteiger partial charge in [0.1, 0.15) is 0 Å². The van der Waals surface area contributed by atoms with Crippen LogP contribution in [0, 0.1) is 6.92 Å². The summed E-state index contributed by atoms with van der Waals surface area (Å²) in [4.78, 5) is 16.7. The molecule has 0 bridgehead atoms. The number of hydrogen-bond donors (Lipinski definition) is 0. The number of ketones is 1. The van der Waals surface area contributed by atoms with Crippen molar-refractivity contribution >= 4 is 40.1 Å². The lowest BCUT2D eigenvalue weighted by atomic mass is 10.2. The highest BCUT2D eigenvalue weighted by molar-refractivity contribution is 7.18. The highest BCUT2D eigenvalue weighted by Crippen LogP contribution is 2.23. The number of thiophene rings is 1. The van der Waals surface area contributed by atoms with E-state index >= 15 is 0 Å². The Hall–Kier alpha value is -0.710. The van der Waals surface area contributed by atoms with E-state index in [0.29, 0.717) is 15.6 Å². The molecule has 0 fully saturated rings. The molecule has 0 saturated carbocycles. The minimum Gasteiger partial charge on any atom is -0.293 e. The van der Waals surface area contributed by atoms with E-state index in [1.807, 2.05) is 12.3 Å². The van der Waals surface area contributed by atoms with Gasteiger partial charge in [-0.2, -0.15) is 0 Å². The van der Waals surface area contributed by atoms with Crippen LogP contribution in [0.4, 0.5) is 0 Å². The molecule has 2 nitrogen and oxygen atoms in total. The fourth-order valence-corrected chi connectivity index (χ4v) is 2.80. The SMILES string of the molecule is Cc1nc(CC(=O)c2ccc(Cl)s2)cs1. The van der Waals surface area contributed by atoms with E-state index in [0.717, 1.165) is 10.7 Å². The van der Waals surface area contributed by atoms with E-state index in [1.54, 1.807) is 23.5 Å². The molecule has 0 amide bonds. The number of rotatable bonds is 3. The van der Waals surface area contributed by atoms with Crippen LogP contribution in [0.1, 0.15) is 20.4 Å². The van der Waals surface area contributed by atoms with Crippen LogP contribution in [0.2, 0.25) is 4.34 Å². The summed E-state index contributed by atoms with van der Waals surface area (Å²) in [6, 6.07) is 3.50. The lowest BCUT2D eigenvalue weighted by Crippen LogP contribution is -2.01. The predicted molar refractivity (Wildman–Crippen MR) is 64.2 cm³/mol. The van der Waals surface area contributed by atoms with E-state index < -0.39 is 0 Å². The second-order valence-electron chi connectivity index (χ2n) is 3.06. The van der Waals surface area contributed by atoms with Crippen LogP contribution in [0.15, 0.2) is 17.5 Å². The molecule has 78 valence electrons. The molecule has 0 saturated heterocycles. The number of carbonyl (C=O) groups is 1. The fourth-order valence-electron chi connectivity index (χ4n) is 1.21. The molecule has 0 radical (unpaired) electrons. The van der Waals surface area contributed by atoms with Gasteiger partial charge in [0.05, 0.1) is 26.3 Å². The largest absolute Gasteiger partial charge is 0.293 e. The van der Waals surface area contributed by atoms with Crippen LogP contribution in [-0.4, -0.2) is 10.8 Å². The van der Waals surface area contributed by atoms with Crippen LogP contribution < -0.4 is 0 Å². The summed E-state index contributed by atoms with van der Waals surface area (Å²) >= 11 is 8.64. The zero-order valence-electron chi connectivity index (χ0n) is 7.99.